The van der Waals surface area contributed by atoms with Crippen LogP contribution in [0.5, 0.6) is 5.75 Å². The third kappa shape index (κ3) is 4.25. The molecule has 11 heteroatoms. The summed E-state index contributed by atoms with van der Waals surface area (Å²) in [5, 5.41) is 0.654. The molecule has 1 heterocycles. The van der Waals surface area contributed by atoms with E-state index in [2.05, 4.69) is 4.98 Å². The quantitative estimate of drug-likeness (QED) is 0.622. The van der Waals surface area contributed by atoms with E-state index in [0.29, 0.717) is 15.7 Å². The Morgan fingerprint density at radius 1 is 1.07 bits per heavy atom. The van der Waals surface area contributed by atoms with Crippen molar-refractivity contribution < 1.29 is 17.9 Å². The maximum Gasteiger partial charge on any atom is 0.285 e. The predicted molar refractivity (Wildman–Crippen MR) is 106 cm³/mol. The summed E-state index contributed by atoms with van der Waals surface area (Å²) in [6.07, 6.45) is 2.71. The van der Waals surface area contributed by atoms with Gasteiger partial charge in [0, 0.05) is 18.0 Å². The molecule has 7 nitrogen and oxygen atoms in total. The fourth-order valence-electron chi connectivity index (χ4n) is 2.27. The zero-order valence-electron chi connectivity index (χ0n) is 14.2. The fraction of sp³-hybridized carbons (Fsp3) is 0.0588. The molecule has 0 saturated heterocycles. The van der Waals surface area contributed by atoms with Crippen molar-refractivity contribution in [3.63, 3.8) is 0 Å². The number of aromatic nitrogens is 2. The Balaban J connectivity index is 1.85. The van der Waals surface area contributed by atoms with Gasteiger partial charge in [-0.05, 0) is 30.3 Å². The summed E-state index contributed by atoms with van der Waals surface area (Å²) in [7, 11) is -2.86. The molecule has 0 aliphatic heterocycles. The summed E-state index contributed by atoms with van der Waals surface area (Å²) >= 11 is 17.8. The second-order valence-electron chi connectivity index (χ2n) is 5.50. The predicted octanol–water partition coefficient (Wildman–Crippen LogP) is 3.96. The van der Waals surface area contributed by atoms with Crippen molar-refractivity contribution in [2.45, 2.75) is 4.90 Å². The van der Waals surface area contributed by atoms with E-state index in [0.717, 1.165) is 0 Å². The van der Waals surface area contributed by atoms with Crippen LogP contribution in [0.25, 0.3) is 5.69 Å². The van der Waals surface area contributed by atoms with E-state index in [1.807, 2.05) is 4.72 Å². The van der Waals surface area contributed by atoms with Gasteiger partial charge >= 0.3 is 0 Å². The number of nitrogens with zero attached hydrogens (tertiary/aromatic N) is 2. The summed E-state index contributed by atoms with van der Waals surface area (Å²) in [5.41, 5.74) is 0.480. The number of nitrogens with one attached hydrogen (secondary N) is 1. The maximum absolute atomic E-state index is 12.5. The summed E-state index contributed by atoms with van der Waals surface area (Å²) in [6.45, 7) is 0. The molecule has 0 spiro atoms. The van der Waals surface area contributed by atoms with Gasteiger partial charge in [-0.1, -0.05) is 34.8 Å². The van der Waals surface area contributed by atoms with Crippen LogP contribution in [0, 0.1) is 0 Å². The Labute approximate surface area is 175 Å². The van der Waals surface area contributed by atoms with Crippen LogP contribution in [-0.2, 0) is 10.0 Å². The second-order valence-corrected chi connectivity index (χ2v) is 8.37. The Hall–Kier alpha value is -2.26. The van der Waals surface area contributed by atoms with Crippen molar-refractivity contribution in [2.24, 2.45) is 0 Å². The number of hydrogen-bond donors (Lipinski definition) is 1. The van der Waals surface area contributed by atoms with Gasteiger partial charge in [-0.15, -0.1) is 0 Å². The molecule has 3 aromatic rings. The smallest absolute Gasteiger partial charge is 0.285 e. The van der Waals surface area contributed by atoms with Crippen molar-refractivity contribution in [1.82, 2.24) is 14.3 Å². The van der Waals surface area contributed by atoms with Crippen molar-refractivity contribution in [3.05, 3.63) is 69.7 Å². The van der Waals surface area contributed by atoms with Gasteiger partial charge in [0.15, 0.2) is 0 Å². The summed E-state index contributed by atoms with van der Waals surface area (Å²) < 4.78 is 33.5. The molecule has 0 saturated carbocycles. The molecule has 1 N–H and O–H groups in total. The minimum Gasteiger partial charge on any atom is -0.497 e. The highest BCUT2D eigenvalue weighted by Crippen LogP contribution is 2.26. The minimum absolute atomic E-state index is 0.0533. The molecule has 0 aliphatic rings. The molecule has 146 valence electrons. The van der Waals surface area contributed by atoms with Gasteiger partial charge in [-0.25, -0.2) is 18.1 Å². The molecule has 0 fully saturated rings. The van der Waals surface area contributed by atoms with Crippen LogP contribution in [0.3, 0.4) is 0 Å². The standard InChI is InChI=1S/C17H12Cl3N3O4S/c1-27-11-3-5-13(19)16(7-11)28(25,26)22-17(24)15-8-23(9-21-15)10-2-4-12(18)14(20)6-10/h2-9H,1H3,(H,22,24). The first kappa shape index (κ1) is 20.5. The highest BCUT2D eigenvalue weighted by atomic mass is 35.5. The number of halogens is 3. The molecule has 2 aromatic carbocycles. The zero-order valence-corrected chi connectivity index (χ0v) is 17.3. The molecule has 0 atom stereocenters. The fourth-order valence-corrected chi connectivity index (χ4v) is 4.04. The third-order valence-corrected chi connectivity index (χ3v) is 6.22. The first-order chi connectivity index (χ1) is 13.2. The molecule has 28 heavy (non-hydrogen) atoms. The van der Waals surface area contributed by atoms with Gasteiger partial charge in [-0.2, -0.15) is 0 Å². The number of hydrogen-bond acceptors (Lipinski definition) is 5. The molecule has 1 amide bonds. The Morgan fingerprint density at radius 3 is 2.46 bits per heavy atom. The van der Waals surface area contributed by atoms with Gasteiger partial charge in [0.25, 0.3) is 15.9 Å². The highest BCUT2D eigenvalue weighted by molar-refractivity contribution is 7.90. The van der Waals surface area contributed by atoms with Crippen LogP contribution in [-0.4, -0.2) is 31.0 Å². The van der Waals surface area contributed by atoms with E-state index in [1.54, 1.807) is 18.2 Å². The monoisotopic (exact) mass is 459 g/mol. The Kier molecular flexibility index (Phi) is 5.85. The Bertz CT molecular complexity index is 1160. The zero-order chi connectivity index (χ0) is 20.5. The maximum atomic E-state index is 12.5. The van der Waals surface area contributed by atoms with Crippen LogP contribution in [0.15, 0.2) is 53.8 Å². The molecular formula is C17H12Cl3N3O4S. The first-order valence-electron chi connectivity index (χ1n) is 7.61. The molecule has 0 unspecified atom stereocenters. The number of imidazole rings is 1. The van der Waals surface area contributed by atoms with Crippen molar-refractivity contribution in [3.8, 4) is 11.4 Å². The average molecular weight is 461 g/mol. The number of carbonyl (C=O) groups is 1. The SMILES string of the molecule is COc1ccc(Cl)c(S(=O)(=O)NC(=O)c2cn(-c3ccc(Cl)c(Cl)c3)cn2)c1. The van der Waals surface area contributed by atoms with Gasteiger partial charge in [0.1, 0.15) is 22.7 Å². The highest BCUT2D eigenvalue weighted by Gasteiger charge is 2.23. The summed E-state index contributed by atoms with van der Waals surface area (Å²) in [6, 6.07) is 8.92. The molecule has 0 bridgehead atoms. The lowest BCUT2D eigenvalue weighted by Crippen LogP contribution is -2.31. The van der Waals surface area contributed by atoms with E-state index < -0.39 is 15.9 Å². The summed E-state index contributed by atoms with van der Waals surface area (Å²) in [5.74, 6) is -0.640. The lowest BCUT2D eigenvalue weighted by atomic mass is 10.3. The van der Waals surface area contributed by atoms with Gasteiger partial charge in [-0.3, -0.25) is 4.79 Å². The van der Waals surface area contributed by atoms with Crippen molar-refractivity contribution in [1.29, 1.82) is 0 Å². The number of benzene rings is 2. The first-order valence-corrected chi connectivity index (χ1v) is 10.2. The normalized spacial score (nSPS) is 11.3. The second kappa shape index (κ2) is 8.00. The molecule has 0 aliphatic carbocycles. The number of rotatable bonds is 5. The third-order valence-electron chi connectivity index (χ3n) is 3.67. The topological polar surface area (TPSA) is 90.3 Å². The number of methoxy groups -OCH3 is 1. The van der Waals surface area contributed by atoms with Gasteiger partial charge in [0.2, 0.25) is 0 Å². The van der Waals surface area contributed by atoms with E-state index in [1.165, 1.54) is 42.4 Å². The van der Waals surface area contributed by atoms with Crippen molar-refractivity contribution >= 4 is 50.7 Å². The molecule has 3 rings (SSSR count). The van der Waals surface area contributed by atoms with Gasteiger partial charge < -0.3 is 9.30 Å². The molecule has 0 radical (unpaired) electrons. The van der Waals surface area contributed by atoms with Crippen LogP contribution in [0.4, 0.5) is 0 Å². The number of carbonyl (C=O) groups excluding carboxylic acids is 1. The minimum atomic E-state index is -4.24. The summed E-state index contributed by atoms with van der Waals surface area (Å²) in [4.78, 5) is 16.0. The van der Waals surface area contributed by atoms with Crippen LogP contribution in [0.1, 0.15) is 10.5 Å². The van der Waals surface area contributed by atoms with E-state index >= 15 is 0 Å². The van der Waals surface area contributed by atoms with Crippen LogP contribution in [0.2, 0.25) is 15.1 Å². The largest absolute Gasteiger partial charge is 0.497 e. The van der Waals surface area contributed by atoms with Crippen LogP contribution < -0.4 is 9.46 Å². The molecule has 1 aromatic heterocycles. The number of amides is 1. The lowest BCUT2D eigenvalue weighted by molar-refractivity contribution is 0.0977. The average Bonchev–Trinajstić information content (AvgIpc) is 3.14. The number of sulfonamides is 1. The van der Waals surface area contributed by atoms with E-state index in [9.17, 15) is 13.2 Å². The van der Waals surface area contributed by atoms with Crippen LogP contribution >= 0.6 is 34.8 Å². The molecular weight excluding hydrogens is 449 g/mol. The van der Waals surface area contributed by atoms with E-state index in [-0.39, 0.29) is 21.4 Å². The van der Waals surface area contributed by atoms with E-state index in [4.69, 9.17) is 39.5 Å². The Morgan fingerprint density at radius 2 is 1.79 bits per heavy atom. The van der Waals surface area contributed by atoms with Crippen molar-refractivity contribution in [2.75, 3.05) is 7.11 Å². The lowest BCUT2D eigenvalue weighted by Gasteiger charge is -2.09. The van der Waals surface area contributed by atoms with Gasteiger partial charge in [0.05, 0.1) is 22.2 Å². The number of ether oxygens (including phenoxy) is 1.